The predicted octanol–water partition coefficient (Wildman–Crippen LogP) is 4.33. The molecule has 1 atom stereocenters. The number of ketones is 1. The smallest absolute Gasteiger partial charge is 0.225 e. The molecular formula is C26H29N3O2. The quantitative estimate of drug-likeness (QED) is 0.563. The van der Waals surface area contributed by atoms with Crippen LogP contribution < -0.4 is 4.90 Å². The number of rotatable bonds is 6. The van der Waals surface area contributed by atoms with E-state index in [1.54, 1.807) is 6.92 Å². The first-order chi connectivity index (χ1) is 15.0. The number of Topliss-reactive ketones (excluding diaryl/α,β-unsaturated/α-hetero) is 1. The normalized spacial score (nSPS) is 15.0. The van der Waals surface area contributed by atoms with Crippen molar-refractivity contribution in [3.05, 3.63) is 89.7 Å². The monoisotopic (exact) mass is 415 g/mol. The summed E-state index contributed by atoms with van der Waals surface area (Å²) in [5.74, 6) is 0.265. The van der Waals surface area contributed by atoms with Gasteiger partial charge in [0.25, 0.3) is 0 Å². The van der Waals surface area contributed by atoms with Gasteiger partial charge in [-0.25, -0.2) is 0 Å². The molecule has 5 nitrogen and oxygen atoms in total. The molecule has 31 heavy (non-hydrogen) atoms. The zero-order chi connectivity index (χ0) is 21.8. The van der Waals surface area contributed by atoms with Gasteiger partial charge in [0.15, 0.2) is 5.78 Å². The second kappa shape index (κ2) is 9.21. The van der Waals surface area contributed by atoms with E-state index < -0.39 is 0 Å². The molecule has 0 unspecified atom stereocenters. The van der Waals surface area contributed by atoms with Crippen LogP contribution in [0, 0.1) is 6.92 Å². The molecule has 1 amide bonds. The van der Waals surface area contributed by atoms with Gasteiger partial charge >= 0.3 is 0 Å². The highest BCUT2D eigenvalue weighted by Gasteiger charge is 2.25. The molecular weight excluding hydrogens is 386 g/mol. The average molecular weight is 416 g/mol. The van der Waals surface area contributed by atoms with Crippen LogP contribution in [-0.4, -0.2) is 47.3 Å². The largest absolute Gasteiger partial charge is 0.368 e. The van der Waals surface area contributed by atoms with Crippen LogP contribution in [0.25, 0.3) is 0 Å². The van der Waals surface area contributed by atoms with Gasteiger partial charge < -0.3 is 14.4 Å². The highest BCUT2D eigenvalue weighted by atomic mass is 16.2. The lowest BCUT2D eigenvalue weighted by molar-refractivity contribution is -0.132. The van der Waals surface area contributed by atoms with Crippen LogP contribution in [0.3, 0.4) is 0 Å². The van der Waals surface area contributed by atoms with Crippen LogP contribution in [0.2, 0.25) is 0 Å². The lowest BCUT2D eigenvalue weighted by Crippen LogP contribution is -2.49. The molecule has 1 aliphatic heterocycles. The SMILES string of the molecule is CC(=O)c1ccc(N2CCN(C(=O)C[C@@H](c3ccccc3C)n3cccc3)CC2)cc1. The number of carbonyl (C=O) groups excluding carboxylic acids is 2. The van der Waals surface area contributed by atoms with Crippen LogP contribution in [-0.2, 0) is 4.79 Å². The molecule has 5 heteroatoms. The van der Waals surface area contributed by atoms with E-state index in [0.29, 0.717) is 19.5 Å². The summed E-state index contributed by atoms with van der Waals surface area (Å²) in [6.07, 6.45) is 4.52. The molecule has 0 aliphatic carbocycles. The summed E-state index contributed by atoms with van der Waals surface area (Å²) in [7, 11) is 0. The van der Waals surface area contributed by atoms with E-state index in [2.05, 4.69) is 28.5 Å². The van der Waals surface area contributed by atoms with Crippen LogP contribution in [0.1, 0.15) is 40.9 Å². The highest BCUT2D eigenvalue weighted by molar-refractivity contribution is 5.94. The Kier molecular flexibility index (Phi) is 6.21. The Labute approximate surface area is 183 Å². The summed E-state index contributed by atoms with van der Waals surface area (Å²) in [4.78, 5) is 29.0. The number of carbonyl (C=O) groups is 2. The standard InChI is InChI=1S/C26H29N3O2/c1-20-7-3-4-8-24(20)25(28-13-5-6-14-28)19-26(31)29-17-15-27(16-18-29)23-11-9-22(10-12-23)21(2)30/h3-14,25H,15-19H2,1-2H3/t25-/m0/s1. The third-order valence-electron chi connectivity index (χ3n) is 6.17. The number of aromatic nitrogens is 1. The zero-order valence-corrected chi connectivity index (χ0v) is 18.2. The summed E-state index contributed by atoms with van der Waals surface area (Å²) < 4.78 is 2.13. The van der Waals surface area contributed by atoms with Gasteiger partial charge in [-0.1, -0.05) is 24.3 Å². The number of hydrogen-bond acceptors (Lipinski definition) is 3. The fraction of sp³-hybridized carbons (Fsp3) is 0.308. The lowest BCUT2D eigenvalue weighted by atomic mass is 9.98. The van der Waals surface area contributed by atoms with Crippen molar-refractivity contribution in [1.29, 1.82) is 0 Å². The highest BCUT2D eigenvalue weighted by Crippen LogP contribution is 2.27. The van der Waals surface area contributed by atoms with Crippen LogP contribution in [0.15, 0.2) is 73.1 Å². The van der Waals surface area contributed by atoms with Crippen molar-refractivity contribution in [2.75, 3.05) is 31.1 Å². The molecule has 1 saturated heterocycles. The molecule has 1 fully saturated rings. The molecule has 0 spiro atoms. The van der Waals surface area contributed by atoms with Gasteiger partial charge in [-0.3, -0.25) is 9.59 Å². The number of amides is 1. The Morgan fingerprint density at radius 1 is 0.871 bits per heavy atom. The molecule has 1 aromatic heterocycles. The number of benzene rings is 2. The minimum Gasteiger partial charge on any atom is -0.368 e. The van der Waals surface area contributed by atoms with Gasteiger partial charge in [0, 0.05) is 49.8 Å². The van der Waals surface area contributed by atoms with Gasteiger partial charge in [0.2, 0.25) is 5.91 Å². The van der Waals surface area contributed by atoms with Crippen molar-refractivity contribution in [3.8, 4) is 0 Å². The molecule has 2 aromatic carbocycles. The third-order valence-corrected chi connectivity index (χ3v) is 6.17. The van der Waals surface area contributed by atoms with Crippen molar-refractivity contribution < 1.29 is 9.59 Å². The van der Waals surface area contributed by atoms with E-state index in [9.17, 15) is 9.59 Å². The van der Waals surface area contributed by atoms with Crippen LogP contribution >= 0.6 is 0 Å². The Balaban J connectivity index is 1.42. The Morgan fingerprint density at radius 2 is 1.52 bits per heavy atom. The van der Waals surface area contributed by atoms with Gasteiger partial charge in [-0.15, -0.1) is 0 Å². The Bertz CT molecular complexity index is 1030. The number of hydrogen-bond donors (Lipinski definition) is 0. The summed E-state index contributed by atoms with van der Waals surface area (Å²) >= 11 is 0. The summed E-state index contributed by atoms with van der Waals surface area (Å²) in [6, 6.07) is 20.1. The molecule has 0 bridgehead atoms. The third kappa shape index (κ3) is 4.71. The molecule has 3 aromatic rings. The Hall–Kier alpha value is -3.34. The number of piperazine rings is 1. The second-order valence-electron chi connectivity index (χ2n) is 8.18. The molecule has 1 aliphatic rings. The Morgan fingerprint density at radius 3 is 2.13 bits per heavy atom. The van der Waals surface area contributed by atoms with Gasteiger partial charge in [-0.2, -0.15) is 0 Å². The topological polar surface area (TPSA) is 45.6 Å². The van der Waals surface area contributed by atoms with E-state index in [4.69, 9.17) is 0 Å². The van der Waals surface area contributed by atoms with Crippen LogP contribution in [0.5, 0.6) is 0 Å². The van der Waals surface area contributed by atoms with Gasteiger partial charge in [0.1, 0.15) is 0 Å². The first-order valence-corrected chi connectivity index (χ1v) is 10.8. The van der Waals surface area contributed by atoms with Crippen LogP contribution in [0.4, 0.5) is 5.69 Å². The van der Waals surface area contributed by atoms with Gasteiger partial charge in [-0.05, 0) is 61.4 Å². The van der Waals surface area contributed by atoms with E-state index in [-0.39, 0.29) is 17.7 Å². The first kappa shape index (κ1) is 20.9. The molecule has 2 heterocycles. The predicted molar refractivity (Wildman–Crippen MR) is 124 cm³/mol. The zero-order valence-electron chi connectivity index (χ0n) is 18.2. The average Bonchev–Trinajstić information content (AvgIpc) is 3.33. The summed E-state index contributed by atoms with van der Waals surface area (Å²) in [6.45, 7) is 6.69. The molecule has 0 saturated carbocycles. The van der Waals surface area contributed by atoms with E-state index in [1.165, 1.54) is 11.1 Å². The molecule has 0 N–H and O–H groups in total. The molecule has 0 radical (unpaired) electrons. The van der Waals surface area contributed by atoms with E-state index in [0.717, 1.165) is 24.3 Å². The number of anilines is 1. The van der Waals surface area contributed by atoms with E-state index in [1.807, 2.05) is 65.8 Å². The fourth-order valence-corrected chi connectivity index (χ4v) is 4.31. The number of nitrogens with zero attached hydrogens (tertiary/aromatic N) is 3. The maximum atomic E-state index is 13.2. The summed E-state index contributed by atoms with van der Waals surface area (Å²) in [5, 5.41) is 0. The van der Waals surface area contributed by atoms with Crippen molar-refractivity contribution in [2.45, 2.75) is 26.3 Å². The minimum absolute atomic E-state index is 0.000791. The molecule has 4 rings (SSSR count). The fourth-order valence-electron chi connectivity index (χ4n) is 4.31. The van der Waals surface area contributed by atoms with E-state index >= 15 is 0 Å². The lowest BCUT2D eigenvalue weighted by Gasteiger charge is -2.37. The van der Waals surface area contributed by atoms with Crippen molar-refractivity contribution in [1.82, 2.24) is 9.47 Å². The second-order valence-corrected chi connectivity index (χ2v) is 8.18. The van der Waals surface area contributed by atoms with Gasteiger partial charge in [0.05, 0.1) is 12.5 Å². The summed E-state index contributed by atoms with van der Waals surface area (Å²) in [5.41, 5.74) is 4.22. The molecule has 160 valence electrons. The maximum absolute atomic E-state index is 13.2. The minimum atomic E-state index is 0.000791. The van der Waals surface area contributed by atoms with Crippen molar-refractivity contribution in [3.63, 3.8) is 0 Å². The van der Waals surface area contributed by atoms with Crippen molar-refractivity contribution >= 4 is 17.4 Å². The first-order valence-electron chi connectivity index (χ1n) is 10.8. The van der Waals surface area contributed by atoms with Crippen molar-refractivity contribution in [2.24, 2.45) is 0 Å². The number of aryl methyl sites for hydroxylation is 1. The maximum Gasteiger partial charge on any atom is 0.225 e.